The molecule has 0 saturated carbocycles. The van der Waals surface area contributed by atoms with Crippen LogP contribution < -0.4 is 0 Å². The van der Waals surface area contributed by atoms with E-state index in [2.05, 4.69) is 60.4 Å². The van der Waals surface area contributed by atoms with Crippen LogP contribution in [0.15, 0.2) is 73.1 Å². The van der Waals surface area contributed by atoms with Crippen LogP contribution in [0.5, 0.6) is 0 Å². The highest BCUT2D eigenvalue weighted by Crippen LogP contribution is 2.37. The Morgan fingerprint density at radius 3 is 2.38 bits per heavy atom. The van der Waals surface area contributed by atoms with Gasteiger partial charge < -0.3 is 4.98 Å². The number of H-pyrrole nitrogens is 1. The molecular formula is C23H23N. The molecule has 0 saturated heterocycles. The molecule has 120 valence electrons. The average molecular weight is 313 g/mol. The van der Waals surface area contributed by atoms with E-state index in [4.69, 9.17) is 0 Å². The summed E-state index contributed by atoms with van der Waals surface area (Å²) in [5, 5.41) is 5.63. The van der Waals surface area contributed by atoms with Crippen molar-refractivity contribution in [3.8, 4) is 0 Å². The second kappa shape index (κ2) is 6.52. The lowest BCUT2D eigenvalue weighted by Gasteiger charge is -2.24. The van der Waals surface area contributed by atoms with E-state index in [1.54, 1.807) is 11.1 Å². The van der Waals surface area contributed by atoms with Gasteiger partial charge in [-0.3, -0.25) is 0 Å². The molecule has 0 fully saturated rings. The number of aromatic nitrogens is 1. The van der Waals surface area contributed by atoms with Gasteiger partial charge in [0.25, 0.3) is 0 Å². The Bertz CT molecular complexity index is 933. The van der Waals surface area contributed by atoms with Crippen LogP contribution in [0, 0.1) is 0 Å². The van der Waals surface area contributed by atoms with E-state index in [9.17, 15) is 0 Å². The van der Waals surface area contributed by atoms with Crippen LogP contribution in [0.2, 0.25) is 0 Å². The number of fused-ring (bicyclic) bond motifs is 5. The fraction of sp³-hybridized carbons (Fsp3) is 0.217. The zero-order valence-electron chi connectivity index (χ0n) is 14.1. The number of hydrogen-bond acceptors (Lipinski definition) is 0. The van der Waals surface area contributed by atoms with Gasteiger partial charge in [-0.1, -0.05) is 55.5 Å². The Hall–Kier alpha value is -2.54. The maximum absolute atomic E-state index is 2.86. The first-order valence-electron chi connectivity index (χ1n) is 8.85. The van der Waals surface area contributed by atoms with E-state index < -0.39 is 0 Å². The maximum atomic E-state index is 2.86. The van der Waals surface area contributed by atoms with Crippen LogP contribution in [-0.2, 0) is 6.42 Å². The third kappa shape index (κ3) is 2.71. The highest BCUT2D eigenvalue weighted by atomic mass is 14.6. The molecule has 1 aliphatic carbocycles. The summed E-state index contributed by atoms with van der Waals surface area (Å²) in [6.45, 7) is 2.37. The maximum Gasteiger partial charge on any atom is 0.000496 e. The second-order valence-corrected chi connectivity index (χ2v) is 6.69. The normalized spacial score (nSPS) is 16.5. The third-order valence-corrected chi connectivity index (χ3v) is 5.16. The topological polar surface area (TPSA) is 15.8 Å². The van der Waals surface area contributed by atoms with Gasteiger partial charge in [-0.05, 0) is 70.0 Å². The van der Waals surface area contributed by atoms with Crippen LogP contribution in [0.25, 0.3) is 21.5 Å². The minimum absolute atomic E-state index is 0.722. The number of rotatable bonds is 0. The van der Waals surface area contributed by atoms with Crippen molar-refractivity contribution in [3.05, 3.63) is 84.2 Å². The summed E-state index contributed by atoms with van der Waals surface area (Å²) in [6, 6.07) is 21.9. The highest BCUT2D eigenvalue weighted by Gasteiger charge is 2.18. The summed E-state index contributed by atoms with van der Waals surface area (Å²) in [6.07, 6.45) is 7.67. The van der Waals surface area contributed by atoms with Gasteiger partial charge in [-0.15, -0.1) is 0 Å². The van der Waals surface area contributed by atoms with Crippen molar-refractivity contribution in [3.63, 3.8) is 0 Å². The van der Waals surface area contributed by atoms with Crippen molar-refractivity contribution in [1.29, 1.82) is 0 Å². The van der Waals surface area contributed by atoms with Gasteiger partial charge in [0, 0.05) is 12.4 Å². The molecule has 1 aliphatic rings. The van der Waals surface area contributed by atoms with Crippen LogP contribution >= 0.6 is 0 Å². The highest BCUT2D eigenvalue weighted by molar-refractivity contribution is 6.08. The Morgan fingerprint density at radius 2 is 1.58 bits per heavy atom. The number of benzene rings is 3. The van der Waals surface area contributed by atoms with E-state index in [-0.39, 0.29) is 0 Å². The summed E-state index contributed by atoms with van der Waals surface area (Å²) in [5.41, 5.74) is 3.18. The quantitative estimate of drug-likeness (QED) is 0.359. The molecule has 1 heteroatoms. The molecular weight excluding hydrogens is 290 g/mol. The fourth-order valence-corrected chi connectivity index (χ4v) is 3.93. The molecule has 5 rings (SSSR count). The minimum atomic E-state index is 0.722. The first kappa shape index (κ1) is 15.0. The molecule has 0 bridgehead atoms. The van der Waals surface area contributed by atoms with Crippen LogP contribution in [0.4, 0.5) is 0 Å². The summed E-state index contributed by atoms with van der Waals surface area (Å²) in [7, 11) is 0. The zero-order chi connectivity index (χ0) is 16.4. The Labute approximate surface area is 143 Å². The lowest BCUT2D eigenvalue weighted by atomic mass is 9.81. The van der Waals surface area contributed by atoms with Crippen molar-refractivity contribution in [2.45, 2.75) is 32.1 Å². The van der Waals surface area contributed by atoms with E-state index in [0.29, 0.717) is 0 Å². The summed E-state index contributed by atoms with van der Waals surface area (Å²) < 4.78 is 0. The van der Waals surface area contributed by atoms with Crippen molar-refractivity contribution >= 4 is 21.5 Å². The molecule has 1 atom stereocenters. The van der Waals surface area contributed by atoms with Gasteiger partial charge in [-0.2, -0.15) is 0 Å². The number of aryl methyl sites for hydroxylation is 1. The molecule has 4 aromatic rings. The minimum Gasteiger partial charge on any atom is -0.368 e. The van der Waals surface area contributed by atoms with Crippen molar-refractivity contribution in [2.24, 2.45) is 0 Å². The Kier molecular flexibility index (Phi) is 4.08. The van der Waals surface area contributed by atoms with Crippen LogP contribution in [-0.4, -0.2) is 4.98 Å². The third-order valence-electron chi connectivity index (χ3n) is 5.16. The van der Waals surface area contributed by atoms with Gasteiger partial charge >= 0.3 is 0 Å². The standard InChI is InChI=1S/C19H18.C4H5N/c1-13-5-4-8-17-15(13)11-12-18-16-7-3-2-6-14(16)9-10-19(17)18;1-2-4-5-3-1/h2-3,6-7,9-13H,4-5,8H2,1H3;1-5H. The van der Waals surface area contributed by atoms with Gasteiger partial charge in [-0.25, -0.2) is 0 Å². The van der Waals surface area contributed by atoms with Crippen LogP contribution in [0.3, 0.4) is 0 Å². The van der Waals surface area contributed by atoms with Crippen molar-refractivity contribution < 1.29 is 0 Å². The molecule has 1 heterocycles. The predicted molar refractivity (Wildman–Crippen MR) is 104 cm³/mol. The lowest BCUT2D eigenvalue weighted by Crippen LogP contribution is -2.07. The smallest absolute Gasteiger partial charge is 0.000496 e. The molecule has 0 spiro atoms. The molecule has 0 aliphatic heterocycles. The second-order valence-electron chi connectivity index (χ2n) is 6.69. The lowest BCUT2D eigenvalue weighted by molar-refractivity contribution is 0.593. The van der Waals surface area contributed by atoms with Gasteiger partial charge in [0.15, 0.2) is 0 Å². The monoisotopic (exact) mass is 313 g/mol. The predicted octanol–water partition coefficient (Wildman–Crippen LogP) is 6.45. The Balaban J connectivity index is 0.000000252. The summed E-state index contributed by atoms with van der Waals surface area (Å²) >= 11 is 0. The molecule has 24 heavy (non-hydrogen) atoms. The van der Waals surface area contributed by atoms with E-state index >= 15 is 0 Å². The summed E-state index contributed by atoms with van der Waals surface area (Å²) in [4.78, 5) is 2.86. The Morgan fingerprint density at radius 1 is 0.792 bits per heavy atom. The average Bonchev–Trinajstić information content (AvgIpc) is 3.21. The van der Waals surface area contributed by atoms with Crippen molar-refractivity contribution in [1.82, 2.24) is 4.98 Å². The number of nitrogens with one attached hydrogen (secondary N) is 1. The van der Waals surface area contributed by atoms with Gasteiger partial charge in [0.1, 0.15) is 0 Å². The van der Waals surface area contributed by atoms with E-state index in [1.165, 1.54) is 40.8 Å². The van der Waals surface area contributed by atoms with E-state index in [1.807, 2.05) is 24.5 Å². The molecule has 0 radical (unpaired) electrons. The molecule has 1 unspecified atom stereocenters. The molecule has 0 amide bonds. The molecule has 1 aromatic heterocycles. The van der Waals surface area contributed by atoms with Crippen molar-refractivity contribution in [2.75, 3.05) is 0 Å². The molecule has 3 aromatic carbocycles. The zero-order valence-corrected chi connectivity index (χ0v) is 14.1. The number of hydrogen-bond donors (Lipinski definition) is 1. The van der Waals surface area contributed by atoms with Gasteiger partial charge in [0.05, 0.1) is 0 Å². The fourth-order valence-electron chi connectivity index (χ4n) is 3.93. The van der Waals surface area contributed by atoms with Gasteiger partial charge in [0.2, 0.25) is 0 Å². The number of aromatic amines is 1. The van der Waals surface area contributed by atoms with Crippen LogP contribution in [0.1, 0.15) is 36.8 Å². The summed E-state index contributed by atoms with van der Waals surface area (Å²) in [5.74, 6) is 0.722. The first-order chi connectivity index (χ1) is 11.8. The first-order valence-corrected chi connectivity index (χ1v) is 8.85. The SMILES string of the molecule is CC1CCCc2c1ccc1c2ccc2ccccc21.c1cc[nH]c1. The molecule has 1 N–H and O–H groups in total. The van der Waals surface area contributed by atoms with E-state index in [0.717, 1.165) is 5.92 Å². The molecule has 1 nitrogen and oxygen atoms in total. The largest absolute Gasteiger partial charge is 0.368 e.